The zero-order chi connectivity index (χ0) is 19.7. The van der Waals surface area contributed by atoms with E-state index in [1.807, 2.05) is 49.4 Å². The number of furan rings is 1. The Bertz CT molecular complexity index is 852. The highest BCUT2D eigenvalue weighted by molar-refractivity contribution is 5.77. The third kappa shape index (κ3) is 4.07. The summed E-state index contributed by atoms with van der Waals surface area (Å²) in [5.41, 5.74) is 3.27. The molecule has 146 valence electrons. The van der Waals surface area contributed by atoms with Crippen LogP contribution in [-0.2, 0) is 16.1 Å². The monoisotopic (exact) mass is 372 g/mol. The Morgan fingerprint density at radius 2 is 1.96 bits per heavy atom. The number of nitrogens with one attached hydrogen (secondary N) is 1. The third-order valence-electron chi connectivity index (χ3n) is 5.47. The smallest absolute Gasteiger partial charge is 0.224 e. The van der Waals surface area contributed by atoms with Gasteiger partial charge in [0.2, 0.25) is 11.8 Å². The van der Waals surface area contributed by atoms with Crippen molar-refractivity contribution in [1.82, 2.24) is 20.0 Å². The van der Waals surface area contributed by atoms with Gasteiger partial charge in [-0.05, 0) is 45.4 Å². The summed E-state index contributed by atoms with van der Waals surface area (Å²) in [5, 5.41) is 7.47. The average molecular weight is 372 g/mol. The molecule has 3 heterocycles. The average Bonchev–Trinajstić information content (AvgIpc) is 3.27. The van der Waals surface area contributed by atoms with Crippen LogP contribution in [0, 0.1) is 27.7 Å². The van der Waals surface area contributed by atoms with E-state index in [-0.39, 0.29) is 23.8 Å². The van der Waals surface area contributed by atoms with Crippen LogP contribution >= 0.6 is 0 Å². The summed E-state index contributed by atoms with van der Waals surface area (Å²) in [4.78, 5) is 26.2. The Balaban J connectivity index is 1.67. The second-order valence-corrected chi connectivity index (χ2v) is 7.43. The van der Waals surface area contributed by atoms with E-state index in [0.717, 1.165) is 22.9 Å². The number of aromatic nitrogens is 2. The largest absolute Gasteiger partial charge is 0.466 e. The lowest BCUT2D eigenvalue weighted by Gasteiger charge is -2.17. The van der Waals surface area contributed by atoms with Crippen LogP contribution in [0.15, 0.2) is 16.5 Å². The molecule has 0 radical (unpaired) electrons. The molecule has 0 saturated carbocycles. The minimum absolute atomic E-state index is 0.0255. The lowest BCUT2D eigenvalue weighted by atomic mass is 10.0. The van der Waals surface area contributed by atoms with E-state index in [2.05, 4.69) is 10.4 Å². The first-order valence-corrected chi connectivity index (χ1v) is 9.38. The van der Waals surface area contributed by atoms with E-state index in [1.165, 1.54) is 12.5 Å². The van der Waals surface area contributed by atoms with E-state index in [4.69, 9.17) is 4.42 Å². The van der Waals surface area contributed by atoms with Crippen molar-refractivity contribution in [2.75, 3.05) is 13.1 Å². The van der Waals surface area contributed by atoms with Gasteiger partial charge in [-0.25, -0.2) is 0 Å². The number of amides is 2. The molecule has 1 aliphatic heterocycles. The Labute approximate surface area is 159 Å². The summed E-state index contributed by atoms with van der Waals surface area (Å²) >= 11 is 0. The molecule has 2 unspecified atom stereocenters. The number of rotatable bonds is 5. The van der Waals surface area contributed by atoms with Gasteiger partial charge in [-0.1, -0.05) is 0 Å². The molecule has 1 N–H and O–H groups in total. The lowest BCUT2D eigenvalue weighted by molar-refractivity contribution is -0.130. The quantitative estimate of drug-likeness (QED) is 0.873. The summed E-state index contributed by atoms with van der Waals surface area (Å²) in [6, 6.07) is 3.71. The molecule has 0 aliphatic carbocycles. The topological polar surface area (TPSA) is 80.4 Å². The number of hydrogen-bond acceptors (Lipinski definition) is 4. The fourth-order valence-corrected chi connectivity index (χ4v) is 3.72. The van der Waals surface area contributed by atoms with Crippen LogP contribution < -0.4 is 5.32 Å². The van der Waals surface area contributed by atoms with E-state index >= 15 is 0 Å². The van der Waals surface area contributed by atoms with Crippen molar-refractivity contribution in [3.05, 3.63) is 40.6 Å². The molecule has 0 bridgehead atoms. The van der Waals surface area contributed by atoms with Gasteiger partial charge in [0.25, 0.3) is 0 Å². The SMILES string of the molecule is CC(=O)NC1CN(C(=O)CCn2nc(C)c(C)c2C)CC1c1ccc(C)o1. The molecule has 2 atom stereocenters. The number of likely N-dealkylation sites (tertiary alicyclic amines) is 1. The molecule has 0 aromatic carbocycles. The molecule has 3 rings (SSSR count). The maximum atomic E-state index is 12.8. The molecule has 1 saturated heterocycles. The maximum absolute atomic E-state index is 12.8. The zero-order valence-corrected chi connectivity index (χ0v) is 16.7. The first kappa shape index (κ1) is 19.2. The van der Waals surface area contributed by atoms with Gasteiger partial charge < -0.3 is 14.6 Å². The maximum Gasteiger partial charge on any atom is 0.224 e. The molecule has 7 heteroatoms. The van der Waals surface area contributed by atoms with Crippen LogP contribution in [-0.4, -0.2) is 45.6 Å². The standard InChI is InChI=1S/C20H28N4O3/c1-12-6-7-19(27-12)17-10-23(11-18(17)21-16(5)25)20(26)8-9-24-15(4)13(2)14(3)22-24/h6-7,17-18H,8-11H2,1-5H3,(H,21,25). The number of nitrogens with zero attached hydrogens (tertiary/aromatic N) is 3. The highest BCUT2D eigenvalue weighted by Gasteiger charge is 2.38. The summed E-state index contributed by atoms with van der Waals surface area (Å²) in [6.07, 6.45) is 0.387. The Kier molecular flexibility index (Phi) is 5.39. The number of carbonyl (C=O) groups excluding carboxylic acids is 2. The molecule has 1 aliphatic rings. The zero-order valence-electron chi connectivity index (χ0n) is 16.7. The van der Waals surface area contributed by atoms with E-state index in [0.29, 0.717) is 26.1 Å². The number of hydrogen-bond donors (Lipinski definition) is 1. The minimum Gasteiger partial charge on any atom is -0.466 e. The highest BCUT2D eigenvalue weighted by Crippen LogP contribution is 2.29. The second-order valence-electron chi connectivity index (χ2n) is 7.43. The van der Waals surface area contributed by atoms with Crippen LogP contribution in [0.5, 0.6) is 0 Å². The highest BCUT2D eigenvalue weighted by atomic mass is 16.3. The van der Waals surface area contributed by atoms with E-state index < -0.39 is 0 Å². The Morgan fingerprint density at radius 1 is 1.22 bits per heavy atom. The molecular formula is C20H28N4O3. The first-order valence-electron chi connectivity index (χ1n) is 9.38. The van der Waals surface area contributed by atoms with Crippen molar-refractivity contribution in [3.8, 4) is 0 Å². The van der Waals surface area contributed by atoms with Gasteiger partial charge in [-0.2, -0.15) is 5.10 Å². The predicted octanol–water partition coefficient (Wildman–Crippen LogP) is 2.23. The van der Waals surface area contributed by atoms with Crippen molar-refractivity contribution in [2.45, 2.75) is 59.5 Å². The van der Waals surface area contributed by atoms with Gasteiger partial charge in [-0.3, -0.25) is 14.3 Å². The second kappa shape index (κ2) is 7.58. The van der Waals surface area contributed by atoms with Gasteiger partial charge in [0.15, 0.2) is 0 Å². The summed E-state index contributed by atoms with van der Waals surface area (Å²) in [5.74, 6) is 1.59. The van der Waals surface area contributed by atoms with Crippen LogP contribution in [0.25, 0.3) is 0 Å². The van der Waals surface area contributed by atoms with Gasteiger partial charge in [0.05, 0.1) is 17.7 Å². The summed E-state index contributed by atoms with van der Waals surface area (Å²) in [6.45, 7) is 11.1. The van der Waals surface area contributed by atoms with Crippen molar-refractivity contribution in [2.24, 2.45) is 0 Å². The van der Waals surface area contributed by atoms with Crippen LogP contribution in [0.3, 0.4) is 0 Å². The number of aryl methyl sites for hydroxylation is 3. The Morgan fingerprint density at radius 3 is 2.52 bits per heavy atom. The van der Waals surface area contributed by atoms with Crippen molar-refractivity contribution in [3.63, 3.8) is 0 Å². The molecule has 2 aromatic heterocycles. The van der Waals surface area contributed by atoms with Crippen LogP contribution in [0.1, 0.15) is 47.7 Å². The summed E-state index contributed by atoms with van der Waals surface area (Å²) in [7, 11) is 0. The molecule has 2 amide bonds. The van der Waals surface area contributed by atoms with Crippen LogP contribution in [0.2, 0.25) is 0 Å². The molecule has 7 nitrogen and oxygen atoms in total. The van der Waals surface area contributed by atoms with Crippen molar-refractivity contribution >= 4 is 11.8 Å². The Hall–Kier alpha value is -2.57. The van der Waals surface area contributed by atoms with Crippen molar-refractivity contribution in [1.29, 1.82) is 0 Å². The fraction of sp³-hybridized carbons (Fsp3) is 0.550. The third-order valence-corrected chi connectivity index (χ3v) is 5.47. The fourth-order valence-electron chi connectivity index (χ4n) is 3.72. The first-order chi connectivity index (χ1) is 12.8. The lowest BCUT2D eigenvalue weighted by Crippen LogP contribution is -2.39. The van der Waals surface area contributed by atoms with Crippen molar-refractivity contribution < 1.29 is 14.0 Å². The molecule has 0 spiro atoms. The minimum atomic E-state index is -0.132. The number of carbonyl (C=O) groups is 2. The normalized spacial score (nSPS) is 19.5. The van der Waals surface area contributed by atoms with Gasteiger partial charge >= 0.3 is 0 Å². The van der Waals surface area contributed by atoms with E-state index in [9.17, 15) is 9.59 Å². The van der Waals surface area contributed by atoms with Gasteiger partial charge in [0, 0.05) is 38.7 Å². The predicted molar refractivity (Wildman–Crippen MR) is 101 cm³/mol. The van der Waals surface area contributed by atoms with Crippen LogP contribution in [0.4, 0.5) is 0 Å². The molecular weight excluding hydrogens is 344 g/mol. The molecule has 2 aromatic rings. The van der Waals surface area contributed by atoms with Gasteiger partial charge in [0.1, 0.15) is 11.5 Å². The molecule has 1 fully saturated rings. The van der Waals surface area contributed by atoms with E-state index in [1.54, 1.807) is 0 Å². The molecule has 27 heavy (non-hydrogen) atoms. The van der Waals surface area contributed by atoms with Gasteiger partial charge in [-0.15, -0.1) is 0 Å². The summed E-state index contributed by atoms with van der Waals surface area (Å²) < 4.78 is 7.66.